The van der Waals surface area contributed by atoms with Gasteiger partial charge in [-0.25, -0.2) is 0 Å². The van der Waals surface area contributed by atoms with E-state index in [2.05, 4.69) is 13.8 Å². The number of hydrogen-bond acceptors (Lipinski definition) is 5. The van der Waals surface area contributed by atoms with Gasteiger partial charge < -0.3 is 15.0 Å². The van der Waals surface area contributed by atoms with Crippen molar-refractivity contribution in [1.29, 1.82) is 0 Å². The van der Waals surface area contributed by atoms with Crippen molar-refractivity contribution in [3.8, 4) is 0 Å². The van der Waals surface area contributed by atoms with E-state index in [9.17, 15) is 27.7 Å². The van der Waals surface area contributed by atoms with Crippen molar-refractivity contribution in [2.24, 2.45) is 11.8 Å². The summed E-state index contributed by atoms with van der Waals surface area (Å²) in [5, 5.41) is 16.8. The SMILES string of the molecule is CCCCC(C)C(C(C)CCCC)S(=O)(=O)O.O=C([O-])CCC(=O)O.[Na+]. The quantitative estimate of drug-likeness (QED) is 0.331. The summed E-state index contributed by atoms with van der Waals surface area (Å²) in [5.74, 6) is -2.37. The molecule has 0 rings (SSSR count). The largest absolute Gasteiger partial charge is 1.00 e. The van der Waals surface area contributed by atoms with Gasteiger partial charge in [-0.3, -0.25) is 9.35 Å². The van der Waals surface area contributed by atoms with Crippen molar-refractivity contribution in [3.63, 3.8) is 0 Å². The molecule has 0 aliphatic rings. The van der Waals surface area contributed by atoms with Crippen LogP contribution in [0.25, 0.3) is 0 Å². The van der Waals surface area contributed by atoms with Crippen molar-refractivity contribution < 1.29 is 62.3 Å². The van der Waals surface area contributed by atoms with Gasteiger partial charge >= 0.3 is 35.5 Å². The molecular formula is C17H33NaO7S. The van der Waals surface area contributed by atoms with Crippen LogP contribution in [-0.4, -0.2) is 35.3 Å². The van der Waals surface area contributed by atoms with E-state index in [0.29, 0.717) is 0 Å². The molecule has 26 heavy (non-hydrogen) atoms. The van der Waals surface area contributed by atoms with Crippen molar-refractivity contribution in [1.82, 2.24) is 0 Å². The van der Waals surface area contributed by atoms with Crippen LogP contribution in [0.5, 0.6) is 0 Å². The van der Waals surface area contributed by atoms with Crippen molar-refractivity contribution in [2.75, 3.05) is 0 Å². The maximum atomic E-state index is 11.5. The van der Waals surface area contributed by atoms with E-state index in [0.717, 1.165) is 38.5 Å². The Kier molecular flexibility index (Phi) is 20.0. The van der Waals surface area contributed by atoms with Crippen LogP contribution in [0.15, 0.2) is 0 Å². The number of carboxylic acids is 2. The van der Waals surface area contributed by atoms with E-state index in [1.807, 2.05) is 13.8 Å². The van der Waals surface area contributed by atoms with Crippen LogP contribution in [0, 0.1) is 11.8 Å². The van der Waals surface area contributed by atoms with Crippen LogP contribution in [-0.2, 0) is 19.7 Å². The molecular weight excluding hydrogens is 371 g/mol. The summed E-state index contributed by atoms with van der Waals surface area (Å²) >= 11 is 0. The summed E-state index contributed by atoms with van der Waals surface area (Å²) in [6, 6.07) is 0. The molecule has 2 unspecified atom stereocenters. The van der Waals surface area contributed by atoms with Gasteiger partial charge in [-0.2, -0.15) is 8.42 Å². The summed E-state index contributed by atoms with van der Waals surface area (Å²) in [6.07, 6.45) is 5.14. The molecule has 0 saturated heterocycles. The zero-order valence-electron chi connectivity index (χ0n) is 16.7. The van der Waals surface area contributed by atoms with E-state index >= 15 is 0 Å². The molecule has 0 aromatic rings. The number of carbonyl (C=O) groups excluding carboxylic acids is 1. The van der Waals surface area contributed by atoms with E-state index in [1.54, 1.807) is 0 Å². The summed E-state index contributed by atoms with van der Waals surface area (Å²) in [4.78, 5) is 19.1. The summed E-state index contributed by atoms with van der Waals surface area (Å²) < 4.78 is 32.4. The minimum atomic E-state index is -3.92. The van der Waals surface area contributed by atoms with Crippen LogP contribution in [0.4, 0.5) is 0 Å². The summed E-state index contributed by atoms with van der Waals surface area (Å²) in [6.45, 7) is 8.07. The van der Waals surface area contributed by atoms with Gasteiger partial charge in [0.2, 0.25) is 0 Å². The Morgan fingerprint density at radius 2 is 1.35 bits per heavy atom. The maximum Gasteiger partial charge on any atom is 1.00 e. The third kappa shape index (κ3) is 17.3. The van der Waals surface area contributed by atoms with Crippen LogP contribution >= 0.6 is 0 Å². The van der Waals surface area contributed by atoms with Crippen LogP contribution < -0.4 is 34.7 Å². The molecule has 0 spiro atoms. The van der Waals surface area contributed by atoms with E-state index in [1.165, 1.54) is 0 Å². The number of rotatable bonds is 12. The van der Waals surface area contributed by atoms with Gasteiger partial charge in [0.05, 0.1) is 11.7 Å². The maximum absolute atomic E-state index is 11.5. The molecule has 0 saturated carbocycles. The van der Waals surface area contributed by atoms with Crippen LogP contribution in [0.1, 0.15) is 79.1 Å². The molecule has 0 aliphatic carbocycles. The molecule has 2 N–H and O–H groups in total. The fraction of sp³-hybridized carbons (Fsp3) is 0.882. The number of carbonyl (C=O) groups is 2. The van der Waals surface area contributed by atoms with E-state index in [4.69, 9.17) is 5.11 Å². The van der Waals surface area contributed by atoms with Gasteiger partial charge in [0.25, 0.3) is 10.1 Å². The number of aliphatic carboxylic acids is 2. The molecule has 0 aliphatic heterocycles. The van der Waals surface area contributed by atoms with Gasteiger partial charge in [0.15, 0.2) is 0 Å². The zero-order valence-corrected chi connectivity index (χ0v) is 19.5. The van der Waals surface area contributed by atoms with Gasteiger partial charge in [0.1, 0.15) is 0 Å². The molecule has 0 fully saturated rings. The smallest absolute Gasteiger partial charge is 0.550 e. The van der Waals surface area contributed by atoms with Gasteiger partial charge in [-0.05, 0) is 31.1 Å². The van der Waals surface area contributed by atoms with Crippen LogP contribution in [0.3, 0.4) is 0 Å². The normalized spacial score (nSPS) is 14.2. The molecule has 7 nitrogen and oxygen atoms in total. The molecule has 0 heterocycles. The first-order chi connectivity index (χ1) is 11.5. The second-order valence-electron chi connectivity index (χ2n) is 6.48. The Labute approximate surface area is 180 Å². The molecule has 0 aromatic heterocycles. The molecule has 0 radical (unpaired) electrons. The molecule has 0 aromatic carbocycles. The predicted octanol–water partition coefficient (Wildman–Crippen LogP) is -0.499. The monoisotopic (exact) mass is 404 g/mol. The van der Waals surface area contributed by atoms with Gasteiger partial charge in [-0.15, -0.1) is 0 Å². The van der Waals surface area contributed by atoms with Gasteiger partial charge in [-0.1, -0.05) is 53.4 Å². The number of hydrogen-bond donors (Lipinski definition) is 2. The average Bonchev–Trinajstić information content (AvgIpc) is 2.48. The first kappa shape index (κ1) is 30.6. The Hall–Kier alpha value is -0.150. The molecule has 0 amide bonds. The minimum Gasteiger partial charge on any atom is -0.550 e. The zero-order chi connectivity index (χ0) is 20.0. The third-order valence-electron chi connectivity index (χ3n) is 4.03. The first-order valence-electron chi connectivity index (χ1n) is 8.85. The second-order valence-corrected chi connectivity index (χ2v) is 8.06. The third-order valence-corrected chi connectivity index (χ3v) is 5.65. The fourth-order valence-electron chi connectivity index (χ4n) is 2.74. The molecule has 0 bridgehead atoms. The standard InChI is InChI=1S/C13H28O3S.C4H6O4.Na/c1-5-7-9-11(3)13(17(14,15)16)12(4)10-8-6-2;5-3(6)1-2-4(7)8;/h11-13H,5-10H2,1-4H3,(H,14,15,16);1-2H2,(H,5,6)(H,7,8);/q;;+1/p-1. The first-order valence-corrected chi connectivity index (χ1v) is 10.3. The topological polar surface area (TPSA) is 132 Å². The summed E-state index contributed by atoms with van der Waals surface area (Å²) in [5.41, 5.74) is 0. The fourth-order valence-corrected chi connectivity index (χ4v) is 4.18. The Bertz CT molecular complexity index is 452. The van der Waals surface area contributed by atoms with Crippen molar-refractivity contribution in [2.45, 2.75) is 84.3 Å². The number of carboxylic acid groups (broad SMARTS) is 2. The average molecular weight is 405 g/mol. The Morgan fingerprint density at radius 3 is 1.54 bits per heavy atom. The van der Waals surface area contributed by atoms with E-state index in [-0.39, 0.29) is 47.8 Å². The van der Waals surface area contributed by atoms with Crippen molar-refractivity contribution >= 4 is 22.1 Å². The number of unbranched alkanes of at least 4 members (excludes halogenated alkanes) is 2. The summed E-state index contributed by atoms with van der Waals surface area (Å²) in [7, 11) is -3.92. The molecule has 2 atom stereocenters. The minimum absolute atomic E-state index is 0. The van der Waals surface area contributed by atoms with Crippen LogP contribution in [0.2, 0.25) is 0 Å². The molecule has 9 heteroatoms. The Balaban J connectivity index is -0.000000498. The predicted molar refractivity (Wildman–Crippen MR) is 94.6 cm³/mol. The second kappa shape index (κ2) is 17.0. The van der Waals surface area contributed by atoms with Gasteiger partial charge in [0, 0.05) is 5.97 Å². The van der Waals surface area contributed by atoms with Crippen molar-refractivity contribution in [3.05, 3.63) is 0 Å². The van der Waals surface area contributed by atoms with E-state index < -0.39 is 33.7 Å². The molecule has 150 valence electrons. The Morgan fingerprint density at radius 1 is 0.962 bits per heavy atom.